The number of carbonyl (C=O) groups is 1. The van der Waals surface area contributed by atoms with Crippen molar-refractivity contribution in [2.75, 3.05) is 31.6 Å². The minimum absolute atomic E-state index is 0.270. The number of hydrogen-bond donors (Lipinski definition) is 0. The van der Waals surface area contributed by atoms with E-state index in [-0.39, 0.29) is 6.09 Å². The highest BCUT2D eigenvalue weighted by atomic mass is 16.6. The van der Waals surface area contributed by atoms with Crippen molar-refractivity contribution in [3.63, 3.8) is 0 Å². The number of anilines is 1. The molecule has 1 aliphatic heterocycles. The van der Waals surface area contributed by atoms with E-state index in [0.717, 1.165) is 37.3 Å². The number of rotatable bonds is 3. The average molecular weight is 344 g/mol. The molecule has 6 heteroatoms. The van der Waals surface area contributed by atoms with E-state index < -0.39 is 5.60 Å². The standard InChI is InChI=1S/C19H28N4O2/c1-14-6-7-17(21-16(14)12-20)23-10-8-15(9-11-23)13-22(5)18(24)25-19(2,3)4/h6-7,15H,8-11,13H2,1-5H3. The molecule has 1 fully saturated rings. The maximum atomic E-state index is 12.1. The second-order valence-corrected chi connectivity index (χ2v) is 7.74. The van der Waals surface area contributed by atoms with Gasteiger partial charge in [-0.2, -0.15) is 5.26 Å². The van der Waals surface area contributed by atoms with Crippen LogP contribution in [0, 0.1) is 24.2 Å². The number of piperidine rings is 1. The Bertz CT molecular complexity index is 652. The third kappa shape index (κ3) is 5.35. The van der Waals surface area contributed by atoms with Crippen molar-refractivity contribution in [3.05, 3.63) is 23.4 Å². The van der Waals surface area contributed by atoms with E-state index in [4.69, 9.17) is 10.00 Å². The number of nitrogens with zero attached hydrogens (tertiary/aromatic N) is 4. The Morgan fingerprint density at radius 1 is 1.40 bits per heavy atom. The van der Waals surface area contributed by atoms with Gasteiger partial charge in [0.25, 0.3) is 0 Å². The highest BCUT2D eigenvalue weighted by Crippen LogP contribution is 2.23. The zero-order valence-corrected chi connectivity index (χ0v) is 15.9. The average Bonchev–Trinajstić information content (AvgIpc) is 2.54. The van der Waals surface area contributed by atoms with Crippen molar-refractivity contribution >= 4 is 11.9 Å². The normalized spacial score (nSPS) is 15.6. The number of aromatic nitrogens is 1. The Balaban J connectivity index is 1.87. The Hall–Kier alpha value is -2.29. The van der Waals surface area contributed by atoms with Gasteiger partial charge in [-0.3, -0.25) is 0 Å². The van der Waals surface area contributed by atoms with Crippen molar-refractivity contribution < 1.29 is 9.53 Å². The number of ether oxygens (including phenoxy) is 1. The van der Waals surface area contributed by atoms with Crippen LogP contribution in [0.1, 0.15) is 44.9 Å². The first-order valence-electron chi connectivity index (χ1n) is 8.76. The van der Waals surface area contributed by atoms with E-state index in [0.29, 0.717) is 18.2 Å². The number of nitriles is 1. The quantitative estimate of drug-likeness (QED) is 0.841. The number of amides is 1. The molecule has 136 valence electrons. The van der Waals surface area contributed by atoms with E-state index in [2.05, 4.69) is 16.0 Å². The summed E-state index contributed by atoms with van der Waals surface area (Å²) in [5.74, 6) is 1.32. The lowest BCUT2D eigenvalue weighted by Gasteiger charge is -2.35. The summed E-state index contributed by atoms with van der Waals surface area (Å²) in [6.45, 7) is 9.99. The lowest BCUT2D eigenvalue weighted by molar-refractivity contribution is 0.0266. The second-order valence-electron chi connectivity index (χ2n) is 7.74. The predicted molar refractivity (Wildman–Crippen MR) is 97.5 cm³/mol. The molecule has 6 nitrogen and oxygen atoms in total. The minimum Gasteiger partial charge on any atom is -0.444 e. The molecule has 1 saturated heterocycles. The summed E-state index contributed by atoms with van der Waals surface area (Å²) in [6, 6.07) is 6.07. The SMILES string of the molecule is Cc1ccc(N2CCC(CN(C)C(=O)OC(C)(C)C)CC2)nc1C#N. The molecular weight excluding hydrogens is 316 g/mol. The van der Waals surface area contributed by atoms with Crippen molar-refractivity contribution in [3.8, 4) is 6.07 Å². The molecule has 1 amide bonds. The fourth-order valence-corrected chi connectivity index (χ4v) is 2.95. The monoisotopic (exact) mass is 344 g/mol. The molecule has 1 aliphatic rings. The first-order valence-corrected chi connectivity index (χ1v) is 8.76. The van der Waals surface area contributed by atoms with Crippen molar-refractivity contribution in [2.24, 2.45) is 5.92 Å². The van der Waals surface area contributed by atoms with Crippen LogP contribution in [0.25, 0.3) is 0 Å². The van der Waals surface area contributed by atoms with Gasteiger partial charge in [0.1, 0.15) is 23.2 Å². The maximum absolute atomic E-state index is 12.1. The fourth-order valence-electron chi connectivity index (χ4n) is 2.95. The third-order valence-corrected chi connectivity index (χ3v) is 4.36. The summed E-state index contributed by atoms with van der Waals surface area (Å²) >= 11 is 0. The van der Waals surface area contributed by atoms with Crippen LogP contribution in [0.4, 0.5) is 10.6 Å². The maximum Gasteiger partial charge on any atom is 0.410 e. The van der Waals surface area contributed by atoms with Gasteiger partial charge in [-0.25, -0.2) is 9.78 Å². The van der Waals surface area contributed by atoms with Crippen LogP contribution in [-0.4, -0.2) is 48.3 Å². The van der Waals surface area contributed by atoms with Crippen molar-refractivity contribution in [1.29, 1.82) is 5.26 Å². The number of aryl methyl sites for hydroxylation is 1. The first kappa shape index (κ1) is 19.0. The van der Waals surface area contributed by atoms with Crippen molar-refractivity contribution in [1.82, 2.24) is 9.88 Å². The Labute approximate surface area is 150 Å². The van der Waals surface area contributed by atoms with Crippen LogP contribution < -0.4 is 4.90 Å². The summed E-state index contributed by atoms with van der Waals surface area (Å²) < 4.78 is 5.40. The topological polar surface area (TPSA) is 69.5 Å². The molecule has 0 aliphatic carbocycles. The molecular formula is C19H28N4O2. The molecule has 0 atom stereocenters. The Morgan fingerprint density at radius 2 is 2.04 bits per heavy atom. The van der Waals surface area contributed by atoms with E-state index >= 15 is 0 Å². The molecule has 0 N–H and O–H groups in total. The third-order valence-electron chi connectivity index (χ3n) is 4.36. The summed E-state index contributed by atoms with van der Waals surface area (Å²) in [5.41, 5.74) is 0.925. The fraction of sp³-hybridized carbons (Fsp3) is 0.632. The van der Waals surface area contributed by atoms with Gasteiger partial charge in [0.15, 0.2) is 0 Å². The molecule has 0 spiro atoms. The van der Waals surface area contributed by atoms with E-state index in [9.17, 15) is 4.79 Å². The van der Waals surface area contributed by atoms with Gasteiger partial charge < -0.3 is 14.5 Å². The summed E-state index contributed by atoms with van der Waals surface area (Å²) in [7, 11) is 1.79. The van der Waals surface area contributed by atoms with E-state index in [1.165, 1.54) is 0 Å². The van der Waals surface area contributed by atoms with Gasteiger partial charge in [0.2, 0.25) is 0 Å². The molecule has 0 radical (unpaired) electrons. The Kier molecular flexibility index (Phi) is 5.89. The molecule has 2 heterocycles. The van der Waals surface area contributed by atoms with Crippen LogP contribution in [0.3, 0.4) is 0 Å². The summed E-state index contributed by atoms with van der Waals surface area (Å²) in [5, 5.41) is 9.13. The number of hydrogen-bond acceptors (Lipinski definition) is 5. The van der Waals surface area contributed by atoms with Gasteiger partial charge in [-0.15, -0.1) is 0 Å². The lowest BCUT2D eigenvalue weighted by Crippen LogP contribution is -2.41. The first-order chi connectivity index (χ1) is 11.7. The number of carbonyl (C=O) groups excluding carboxylic acids is 1. The van der Waals surface area contributed by atoms with Gasteiger partial charge in [-0.05, 0) is 58.1 Å². The van der Waals surface area contributed by atoms with Crippen LogP contribution in [-0.2, 0) is 4.74 Å². The summed E-state index contributed by atoms with van der Waals surface area (Å²) in [4.78, 5) is 20.4. The Morgan fingerprint density at radius 3 is 2.60 bits per heavy atom. The molecule has 0 aromatic carbocycles. The van der Waals surface area contributed by atoms with Gasteiger partial charge in [-0.1, -0.05) is 6.07 Å². The molecule has 2 rings (SSSR count). The number of pyridine rings is 1. The molecule has 1 aromatic rings. The highest BCUT2D eigenvalue weighted by molar-refractivity contribution is 5.67. The molecule has 0 unspecified atom stereocenters. The van der Waals surface area contributed by atoms with Crippen LogP contribution >= 0.6 is 0 Å². The van der Waals surface area contributed by atoms with Gasteiger partial charge >= 0.3 is 6.09 Å². The van der Waals surface area contributed by atoms with Crippen LogP contribution in [0.15, 0.2) is 12.1 Å². The van der Waals surface area contributed by atoms with Crippen LogP contribution in [0.2, 0.25) is 0 Å². The van der Waals surface area contributed by atoms with Crippen molar-refractivity contribution in [2.45, 2.75) is 46.1 Å². The molecule has 0 bridgehead atoms. The predicted octanol–water partition coefficient (Wildman–Crippen LogP) is 3.35. The lowest BCUT2D eigenvalue weighted by atomic mass is 9.96. The largest absolute Gasteiger partial charge is 0.444 e. The zero-order chi connectivity index (χ0) is 18.6. The highest BCUT2D eigenvalue weighted by Gasteiger charge is 2.25. The van der Waals surface area contributed by atoms with Gasteiger partial charge in [0.05, 0.1) is 0 Å². The molecule has 0 saturated carbocycles. The smallest absolute Gasteiger partial charge is 0.410 e. The van der Waals surface area contributed by atoms with Crippen LogP contribution in [0.5, 0.6) is 0 Å². The zero-order valence-electron chi connectivity index (χ0n) is 15.9. The van der Waals surface area contributed by atoms with E-state index in [1.54, 1.807) is 11.9 Å². The summed E-state index contributed by atoms with van der Waals surface area (Å²) in [6.07, 6.45) is 1.71. The molecule has 25 heavy (non-hydrogen) atoms. The second kappa shape index (κ2) is 7.73. The molecule has 1 aromatic heterocycles. The minimum atomic E-state index is -0.468. The van der Waals surface area contributed by atoms with Gasteiger partial charge in [0, 0.05) is 26.7 Å². The van der Waals surface area contributed by atoms with E-state index in [1.807, 2.05) is 39.8 Å².